The molecule has 1 aliphatic heterocycles. The Morgan fingerprint density at radius 3 is 2.71 bits per heavy atom. The van der Waals surface area contributed by atoms with Crippen molar-refractivity contribution in [2.24, 2.45) is 21.7 Å². The average molecular weight is 289 g/mol. The van der Waals surface area contributed by atoms with Gasteiger partial charge >= 0.3 is 0 Å². The van der Waals surface area contributed by atoms with Crippen molar-refractivity contribution in [2.75, 3.05) is 20.2 Å². The van der Waals surface area contributed by atoms with E-state index >= 15 is 0 Å². The molecule has 114 valence electrons. The number of hydrogen-bond acceptors (Lipinski definition) is 4. The average Bonchev–Trinajstić information content (AvgIpc) is 2.48. The molecule has 2 rings (SSSR count). The normalized spacial score (nSPS) is 16.0. The lowest BCUT2D eigenvalue weighted by molar-refractivity contribution is 0.218. The largest absolute Gasteiger partial charge is 0.496 e. The van der Waals surface area contributed by atoms with Gasteiger partial charge in [-0.15, -0.1) is 5.10 Å². The second-order valence-corrected chi connectivity index (χ2v) is 5.18. The smallest absolute Gasteiger partial charge is 0.211 e. The fourth-order valence-corrected chi connectivity index (χ4v) is 2.52. The molecule has 1 saturated heterocycles. The first-order chi connectivity index (χ1) is 10.2. The molecule has 0 saturated carbocycles. The van der Waals surface area contributed by atoms with Crippen LogP contribution in [0.1, 0.15) is 30.4 Å². The van der Waals surface area contributed by atoms with Gasteiger partial charge in [0, 0.05) is 12.1 Å². The summed E-state index contributed by atoms with van der Waals surface area (Å²) in [7, 11) is 1.70. The van der Waals surface area contributed by atoms with Crippen LogP contribution in [-0.4, -0.2) is 37.3 Å². The number of hydrogen-bond donors (Lipinski definition) is 2. The number of likely N-dealkylation sites (tertiary alicyclic amines) is 1. The molecule has 21 heavy (non-hydrogen) atoms. The molecule has 1 fully saturated rings. The van der Waals surface area contributed by atoms with Crippen LogP contribution in [0.25, 0.3) is 0 Å². The summed E-state index contributed by atoms with van der Waals surface area (Å²) in [5.74, 6) is 0.855. The maximum absolute atomic E-state index is 5.45. The zero-order valence-corrected chi connectivity index (χ0v) is 12.5. The van der Waals surface area contributed by atoms with E-state index in [0.717, 1.165) is 36.5 Å². The highest BCUT2D eigenvalue weighted by Crippen LogP contribution is 2.22. The summed E-state index contributed by atoms with van der Waals surface area (Å²) in [6.07, 6.45) is 5.51. The van der Waals surface area contributed by atoms with E-state index < -0.39 is 0 Å². The van der Waals surface area contributed by atoms with Gasteiger partial charge in [-0.05, 0) is 49.7 Å². The fourth-order valence-electron chi connectivity index (χ4n) is 2.52. The molecule has 6 nitrogen and oxygen atoms in total. The summed E-state index contributed by atoms with van der Waals surface area (Å²) in [6, 6.07) is 5.96. The van der Waals surface area contributed by atoms with Gasteiger partial charge < -0.3 is 16.2 Å². The Kier molecular flexibility index (Phi) is 5.57. The molecule has 1 aliphatic rings. The van der Waals surface area contributed by atoms with Crippen LogP contribution in [0.3, 0.4) is 0 Å². The summed E-state index contributed by atoms with van der Waals surface area (Å²) in [5.41, 5.74) is 12.6. The summed E-state index contributed by atoms with van der Waals surface area (Å²) >= 11 is 0. The second-order valence-electron chi connectivity index (χ2n) is 5.18. The molecular formula is C15H23N5O. The van der Waals surface area contributed by atoms with E-state index in [0.29, 0.717) is 0 Å². The Morgan fingerprint density at radius 1 is 1.29 bits per heavy atom. The number of benzene rings is 1. The minimum Gasteiger partial charge on any atom is -0.496 e. The van der Waals surface area contributed by atoms with E-state index in [1.807, 2.05) is 12.1 Å². The summed E-state index contributed by atoms with van der Waals surface area (Å²) < 4.78 is 5.45. The van der Waals surface area contributed by atoms with Gasteiger partial charge in [-0.1, -0.05) is 6.42 Å². The molecular weight excluding hydrogens is 266 g/mol. The van der Waals surface area contributed by atoms with Crippen LogP contribution in [0.5, 0.6) is 5.75 Å². The van der Waals surface area contributed by atoms with Gasteiger partial charge in [0.05, 0.1) is 13.3 Å². The van der Waals surface area contributed by atoms with Crippen LogP contribution in [0.2, 0.25) is 0 Å². The van der Waals surface area contributed by atoms with Crippen molar-refractivity contribution in [3.63, 3.8) is 0 Å². The molecule has 0 aromatic heterocycles. The molecule has 1 aromatic rings. The summed E-state index contributed by atoms with van der Waals surface area (Å²) in [6.45, 7) is 3.19. The lowest BCUT2D eigenvalue weighted by atomic mass is 10.1. The topological polar surface area (TPSA) is 89.2 Å². The molecule has 0 amide bonds. The zero-order valence-electron chi connectivity index (χ0n) is 12.5. The van der Waals surface area contributed by atoms with Crippen LogP contribution in [0.15, 0.2) is 28.4 Å². The lowest BCUT2D eigenvalue weighted by Crippen LogP contribution is -2.29. The molecule has 4 N–H and O–H groups in total. The van der Waals surface area contributed by atoms with Crippen molar-refractivity contribution >= 4 is 12.2 Å². The third-order valence-electron chi connectivity index (χ3n) is 3.53. The highest BCUT2D eigenvalue weighted by atomic mass is 16.5. The van der Waals surface area contributed by atoms with Crippen LogP contribution in [-0.2, 0) is 6.54 Å². The zero-order chi connectivity index (χ0) is 15.1. The molecule has 0 radical (unpaired) electrons. The molecule has 1 aromatic carbocycles. The van der Waals surface area contributed by atoms with E-state index in [1.165, 1.54) is 19.3 Å². The van der Waals surface area contributed by atoms with Gasteiger partial charge in [0.1, 0.15) is 5.75 Å². The predicted octanol–water partition coefficient (Wildman–Crippen LogP) is 1.29. The fraction of sp³-hybridized carbons (Fsp3) is 0.467. The maximum Gasteiger partial charge on any atom is 0.211 e. The van der Waals surface area contributed by atoms with Crippen molar-refractivity contribution in [2.45, 2.75) is 25.8 Å². The van der Waals surface area contributed by atoms with E-state index in [1.54, 1.807) is 13.3 Å². The molecule has 0 atom stereocenters. The Morgan fingerprint density at radius 2 is 2.05 bits per heavy atom. The SMILES string of the molecule is COc1ccc(C=NN=C(N)N)cc1CN1CCCCC1. The van der Waals surface area contributed by atoms with Gasteiger partial charge in [-0.25, -0.2) is 0 Å². The van der Waals surface area contributed by atoms with Crippen LogP contribution >= 0.6 is 0 Å². The molecule has 0 bridgehead atoms. The standard InChI is InChI=1S/C15H23N5O/c1-21-14-6-5-12(10-18-19-15(16)17)9-13(14)11-20-7-3-2-4-8-20/h5-6,9-10H,2-4,7-8,11H2,1H3,(H4,16,17,19). The number of nitrogens with zero attached hydrogens (tertiary/aromatic N) is 3. The summed E-state index contributed by atoms with van der Waals surface area (Å²) in [4.78, 5) is 2.46. The van der Waals surface area contributed by atoms with E-state index in [4.69, 9.17) is 16.2 Å². The third-order valence-corrected chi connectivity index (χ3v) is 3.53. The Labute approximate surface area is 125 Å². The Bertz CT molecular complexity index is 517. The third kappa shape index (κ3) is 4.75. The van der Waals surface area contributed by atoms with E-state index in [-0.39, 0.29) is 5.96 Å². The van der Waals surface area contributed by atoms with Crippen molar-refractivity contribution in [3.8, 4) is 5.75 Å². The minimum atomic E-state index is -0.0479. The number of ether oxygens (including phenoxy) is 1. The Hall–Kier alpha value is -2.08. The van der Waals surface area contributed by atoms with E-state index in [2.05, 4.69) is 21.2 Å². The number of methoxy groups -OCH3 is 1. The number of guanidine groups is 1. The highest BCUT2D eigenvalue weighted by molar-refractivity contribution is 5.82. The summed E-state index contributed by atoms with van der Waals surface area (Å²) in [5, 5.41) is 7.45. The first-order valence-corrected chi connectivity index (χ1v) is 7.20. The maximum atomic E-state index is 5.45. The van der Waals surface area contributed by atoms with E-state index in [9.17, 15) is 0 Å². The van der Waals surface area contributed by atoms with Crippen molar-refractivity contribution in [3.05, 3.63) is 29.3 Å². The first-order valence-electron chi connectivity index (χ1n) is 7.20. The lowest BCUT2D eigenvalue weighted by Gasteiger charge is -2.27. The van der Waals surface area contributed by atoms with Gasteiger partial charge in [0.2, 0.25) is 5.96 Å². The molecule has 0 aliphatic carbocycles. The van der Waals surface area contributed by atoms with Crippen LogP contribution in [0.4, 0.5) is 0 Å². The predicted molar refractivity (Wildman–Crippen MR) is 85.5 cm³/mol. The Balaban J connectivity index is 2.13. The quantitative estimate of drug-likeness (QED) is 0.485. The second kappa shape index (κ2) is 7.64. The number of nitrogens with two attached hydrogens (primary N) is 2. The number of piperidine rings is 1. The molecule has 6 heteroatoms. The van der Waals surface area contributed by atoms with Crippen LogP contribution < -0.4 is 16.2 Å². The first kappa shape index (κ1) is 15.3. The monoisotopic (exact) mass is 289 g/mol. The van der Waals surface area contributed by atoms with Crippen molar-refractivity contribution in [1.29, 1.82) is 0 Å². The van der Waals surface area contributed by atoms with Crippen molar-refractivity contribution < 1.29 is 4.74 Å². The highest BCUT2D eigenvalue weighted by Gasteiger charge is 2.13. The van der Waals surface area contributed by atoms with Crippen molar-refractivity contribution in [1.82, 2.24) is 4.90 Å². The van der Waals surface area contributed by atoms with Crippen LogP contribution in [0, 0.1) is 0 Å². The van der Waals surface area contributed by atoms with Gasteiger partial charge in [-0.2, -0.15) is 5.10 Å². The molecule has 1 heterocycles. The molecule has 0 spiro atoms. The molecule has 0 unspecified atom stereocenters. The number of rotatable bonds is 5. The minimum absolute atomic E-state index is 0.0479. The van der Waals surface area contributed by atoms with Gasteiger partial charge in [-0.3, -0.25) is 4.90 Å². The van der Waals surface area contributed by atoms with Gasteiger partial charge in [0.25, 0.3) is 0 Å². The van der Waals surface area contributed by atoms with Gasteiger partial charge in [0.15, 0.2) is 0 Å².